The Kier molecular flexibility index (Phi) is 2.30. The van der Waals surface area contributed by atoms with Gasteiger partial charge < -0.3 is 0 Å². The fourth-order valence-corrected chi connectivity index (χ4v) is 6.37. The topological polar surface area (TPSA) is 37.4 Å². The Hall–Kier alpha value is -0.240. The summed E-state index contributed by atoms with van der Waals surface area (Å²) >= 11 is 9.76. The summed E-state index contributed by atoms with van der Waals surface area (Å²) in [4.78, 5) is 25.4. The van der Waals surface area contributed by atoms with E-state index >= 15 is 0 Å². The van der Waals surface area contributed by atoms with Gasteiger partial charge in [-0.25, -0.2) is 0 Å². The largest absolute Gasteiger partial charge is 0.277 e. The summed E-state index contributed by atoms with van der Waals surface area (Å²) in [7, 11) is 1.51. The lowest BCUT2D eigenvalue weighted by Gasteiger charge is -2.03. The molecule has 0 aliphatic carbocycles. The van der Waals surface area contributed by atoms with Crippen molar-refractivity contribution >= 4 is 76.4 Å². The third kappa shape index (κ3) is 1.17. The van der Waals surface area contributed by atoms with Crippen LogP contribution in [0.3, 0.4) is 0 Å². The maximum atomic E-state index is 11.9. The predicted molar refractivity (Wildman–Crippen MR) is 71.5 cm³/mol. The highest BCUT2D eigenvalue weighted by Crippen LogP contribution is 2.48. The minimum absolute atomic E-state index is 0.204. The van der Waals surface area contributed by atoms with Gasteiger partial charge in [-0.15, -0.1) is 22.7 Å². The number of thiophene rings is 2. The molecule has 0 radical (unpaired) electrons. The second-order valence-electron chi connectivity index (χ2n) is 3.33. The highest BCUT2D eigenvalue weighted by molar-refractivity contribution is 9.12. The van der Waals surface area contributed by atoms with E-state index in [0.29, 0.717) is 10.4 Å². The molecule has 2 aromatic heterocycles. The van der Waals surface area contributed by atoms with Gasteiger partial charge in [0.2, 0.25) is 0 Å². The van der Waals surface area contributed by atoms with Crippen molar-refractivity contribution in [2.75, 3.05) is 7.05 Å². The molecule has 1 aliphatic heterocycles. The van der Waals surface area contributed by atoms with Crippen molar-refractivity contribution in [3.05, 3.63) is 18.0 Å². The Morgan fingerprint density at radius 1 is 1.06 bits per heavy atom. The van der Waals surface area contributed by atoms with Crippen LogP contribution in [0.1, 0.15) is 20.0 Å². The summed E-state index contributed by atoms with van der Waals surface area (Å²) in [5.41, 5.74) is 0.543. The van der Waals surface area contributed by atoms with E-state index in [4.69, 9.17) is 0 Å². The minimum Gasteiger partial charge on any atom is -0.277 e. The summed E-state index contributed by atoms with van der Waals surface area (Å²) in [5, 5.41) is 0.861. The van der Waals surface area contributed by atoms with Gasteiger partial charge in [0.15, 0.2) is 0 Å². The Bertz CT molecular complexity index is 658. The molecule has 2 amide bonds. The normalized spacial score (nSPS) is 15.3. The Morgan fingerprint density at radius 3 is 2.44 bits per heavy atom. The number of fused-ring (bicyclic) bond motifs is 3. The molecule has 0 saturated heterocycles. The quantitative estimate of drug-likeness (QED) is 0.653. The summed E-state index contributed by atoms with van der Waals surface area (Å²) in [5.74, 6) is -0.415. The first-order chi connectivity index (χ1) is 7.52. The summed E-state index contributed by atoms with van der Waals surface area (Å²) in [6.45, 7) is 0. The highest BCUT2D eigenvalue weighted by Gasteiger charge is 2.38. The van der Waals surface area contributed by atoms with Crippen LogP contribution < -0.4 is 0 Å². The van der Waals surface area contributed by atoms with Crippen molar-refractivity contribution in [1.82, 2.24) is 4.90 Å². The van der Waals surface area contributed by atoms with E-state index in [1.54, 1.807) is 0 Å². The SMILES string of the molecule is CN1C(=O)c2sc3c(Br)sc(Br)c3c2C1=O. The van der Waals surface area contributed by atoms with Crippen molar-refractivity contribution in [2.45, 2.75) is 0 Å². The van der Waals surface area contributed by atoms with E-state index in [0.717, 1.165) is 17.7 Å². The monoisotopic (exact) mass is 379 g/mol. The van der Waals surface area contributed by atoms with Crippen molar-refractivity contribution in [1.29, 1.82) is 0 Å². The first kappa shape index (κ1) is 10.9. The molecule has 82 valence electrons. The molecular weight excluding hydrogens is 378 g/mol. The number of amides is 2. The average molecular weight is 381 g/mol. The van der Waals surface area contributed by atoms with E-state index < -0.39 is 0 Å². The fraction of sp³-hybridized carbons (Fsp3) is 0.111. The Labute approximate surface area is 115 Å². The molecule has 0 bridgehead atoms. The van der Waals surface area contributed by atoms with Crippen LogP contribution in [0.2, 0.25) is 0 Å². The van der Waals surface area contributed by atoms with Crippen LogP contribution in [0.5, 0.6) is 0 Å². The standard InChI is InChI=1S/C9H3Br2NO2S2/c1-12-8(13)3-2-4(7(11)16-6(2)10)15-5(3)9(12)14/h1H3. The van der Waals surface area contributed by atoms with Gasteiger partial charge >= 0.3 is 0 Å². The summed E-state index contributed by atoms with van der Waals surface area (Å²) < 4.78 is 2.82. The van der Waals surface area contributed by atoms with Crippen LogP contribution >= 0.6 is 54.5 Å². The van der Waals surface area contributed by atoms with Gasteiger partial charge in [-0.1, -0.05) is 0 Å². The number of hydrogen-bond acceptors (Lipinski definition) is 4. The number of nitrogens with zero attached hydrogens (tertiary/aromatic N) is 1. The maximum absolute atomic E-state index is 11.9. The molecule has 1 aliphatic rings. The molecule has 0 spiro atoms. The number of imide groups is 1. The maximum Gasteiger partial charge on any atom is 0.271 e. The van der Waals surface area contributed by atoms with E-state index in [-0.39, 0.29) is 11.8 Å². The zero-order valence-electron chi connectivity index (χ0n) is 7.84. The number of hydrogen-bond donors (Lipinski definition) is 0. The molecule has 0 aromatic carbocycles. The summed E-state index contributed by atoms with van der Waals surface area (Å²) in [6, 6.07) is 0. The zero-order valence-corrected chi connectivity index (χ0v) is 12.6. The number of carbonyl (C=O) groups is 2. The van der Waals surface area contributed by atoms with Gasteiger partial charge in [0.1, 0.15) is 4.88 Å². The zero-order chi connectivity index (χ0) is 11.6. The lowest BCUT2D eigenvalue weighted by Crippen LogP contribution is -2.24. The first-order valence-electron chi connectivity index (χ1n) is 4.25. The minimum atomic E-state index is -0.211. The number of rotatable bonds is 0. The van der Waals surface area contributed by atoms with Gasteiger partial charge in [-0.05, 0) is 31.9 Å². The van der Waals surface area contributed by atoms with Crippen LogP contribution in [0, 0.1) is 0 Å². The second-order valence-corrected chi connectivity index (χ2v) is 8.01. The molecule has 3 nitrogen and oxygen atoms in total. The predicted octanol–water partition coefficient (Wildman–Crippen LogP) is 3.71. The van der Waals surface area contributed by atoms with Crippen LogP contribution in [-0.4, -0.2) is 23.8 Å². The van der Waals surface area contributed by atoms with Crippen molar-refractivity contribution in [3.63, 3.8) is 0 Å². The number of carbonyl (C=O) groups excluding carboxylic acids is 2. The average Bonchev–Trinajstić information content (AvgIpc) is 2.80. The van der Waals surface area contributed by atoms with E-state index in [2.05, 4.69) is 31.9 Å². The van der Waals surface area contributed by atoms with Crippen LogP contribution in [0.4, 0.5) is 0 Å². The smallest absolute Gasteiger partial charge is 0.271 e. The third-order valence-electron chi connectivity index (χ3n) is 2.48. The Morgan fingerprint density at radius 2 is 1.75 bits per heavy atom. The molecule has 0 atom stereocenters. The molecular formula is C9H3Br2NO2S2. The van der Waals surface area contributed by atoms with Crippen LogP contribution in [-0.2, 0) is 0 Å². The lowest BCUT2D eigenvalue weighted by atomic mass is 10.2. The van der Waals surface area contributed by atoms with Gasteiger partial charge in [0.25, 0.3) is 11.8 Å². The third-order valence-corrected chi connectivity index (χ3v) is 6.60. The van der Waals surface area contributed by atoms with E-state index in [1.807, 2.05) is 0 Å². The molecule has 7 heteroatoms. The van der Waals surface area contributed by atoms with Gasteiger partial charge in [0.05, 0.1) is 17.8 Å². The molecule has 0 saturated carbocycles. The van der Waals surface area contributed by atoms with Crippen molar-refractivity contribution in [3.8, 4) is 0 Å². The van der Waals surface area contributed by atoms with Crippen LogP contribution in [0.15, 0.2) is 7.57 Å². The fourth-order valence-electron chi connectivity index (χ4n) is 1.70. The van der Waals surface area contributed by atoms with Crippen LogP contribution in [0.25, 0.3) is 10.1 Å². The second kappa shape index (κ2) is 3.38. The summed E-state index contributed by atoms with van der Waals surface area (Å²) in [6.07, 6.45) is 0. The van der Waals surface area contributed by atoms with Crippen molar-refractivity contribution in [2.24, 2.45) is 0 Å². The molecule has 0 N–H and O–H groups in total. The molecule has 0 unspecified atom stereocenters. The molecule has 16 heavy (non-hydrogen) atoms. The molecule has 3 rings (SSSR count). The lowest BCUT2D eigenvalue weighted by molar-refractivity contribution is 0.0695. The molecule has 0 fully saturated rings. The Balaban J connectivity index is 2.47. The van der Waals surface area contributed by atoms with Gasteiger partial charge in [0, 0.05) is 12.4 Å². The highest BCUT2D eigenvalue weighted by atomic mass is 79.9. The molecule has 2 aromatic rings. The van der Waals surface area contributed by atoms with Crippen molar-refractivity contribution < 1.29 is 9.59 Å². The van der Waals surface area contributed by atoms with Gasteiger partial charge in [-0.3, -0.25) is 14.5 Å². The van der Waals surface area contributed by atoms with E-state index in [1.165, 1.54) is 34.6 Å². The van der Waals surface area contributed by atoms with E-state index in [9.17, 15) is 9.59 Å². The first-order valence-corrected chi connectivity index (χ1v) is 7.47. The van der Waals surface area contributed by atoms with Gasteiger partial charge in [-0.2, -0.15) is 0 Å². The molecule has 3 heterocycles. The number of halogens is 2.